The van der Waals surface area contributed by atoms with Gasteiger partial charge in [-0.1, -0.05) is 30.3 Å². The number of hydrogen-bond acceptors (Lipinski definition) is 5. The molecule has 0 spiro atoms. The second-order valence-electron chi connectivity index (χ2n) is 6.91. The highest BCUT2D eigenvalue weighted by Gasteiger charge is 2.16. The first-order valence-electron chi connectivity index (χ1n) is 9.75. The van der Waals surface area contributed by atoms with Gasteiger partial charge in [0.15, 0.2) is 0 Å². The average molecular weight is 406 g/mol. The van der Waals surface area contributed by atoms with E-state index in [0.29, 0.717) is 23.6 Å². The summed E-state index contributed by atoms with van der Waals surface area (Å²) in [6.45, 7) is 1.28. The number of hydrogen-bond donors (Lipinski definition) is 3. The molecule has 1 fully saturated rings. The van der Waals surface area contributed by atoms with E-state index in [2.05, 4.69) is 21.0 Å². The Morgan fingerprint density at radius 2 is 1.83 bits per heavy atom. The van der Waals surface area contributed by atoms with Gasteiger partial charge < -0.3 is 9.47 Å². The maximum Gasteiger partial charge on any atom is 0.287 e. The third-order valence-corrected chi connectivity index (χ3v) is 4.76. The number of amides is 2. The van der Waals surface area contributed by atoms with Crippen molar-refractivity contribution in [1.29, 1.82) is 0 Å². The van der Waals surface area contributed by atoms with Gasteiger partial charge in [-0.15, -0.1) is 0 Å². The molecule has 8 heteroatoms. The highest BCUT2D eigenvalue weighted by Crippen LogP contribution is 2.18. The van der Waals surface area contributed by atoms with Crippen molar-refractivity contribution in [3.8, 4) is 17.0 Å². The topological polar surface area (TPSA) is 105 Å². The van der Waals surface area contributed by atoms with Gasteiger partial charge in [-0.25, -0.2) is 0 Å². The average Bonchev–Trinajstić information content (AvgIpc) is 3.49. The largest absolute Gasteiger partial charge is 0.491 e. The zero-order chi connectivity index (χ0) is 20.8. The lowest BCUT2D eigenvalue weighted by atomic mass is 10.1. The van der Waals surface area contributed by atoms with Crippen LogP contribution in [-0.4, -0.2) is 41.3 Å². The van der Waals surface area contributed by atoms with Crippen LogP contribution in [0, 0.1) is 0 Å². The van der Waals surface area contributed by atoms with Crippen LogP contribution in [0.25, 0.3) is 11.3 Å². The van der Waals surface area contributed by atoms with Crippen molar-refractivity contribution in [1.82, 2.24) is 21.0 Å². The molecule has 3 aromatic rings. The molecule has 3 N–H and O–H groups in total. The summed E-state index contributed by atoms with van der Waals surface area (Å²) in [7, 11) is 0. The molecule has 0 radical (unpaired) electrons. The predicted molar refractivity (Wildman–Crippen MR) is 110 cm³/mol. The van der Waals surface area contributed by atoms with Crippen LogP contribution in [0.2, 0.25) is 0 Å². The number of benzene rings is 2. The highest BCUT2D eigenvalue weighted by atomic mass is 16.5. The molecule has 1 aliphatic rings. The molecule has 1 aromatic heterocycles. The second-order valence-corrected chi connectivity index (χ2v) is 6.91. The monoisotopic (exact) mass is 406 g/mol. The highest BCUT2D eigenvalue weighted by molar-refractivity contribution is 5.98. The molecule has 1 aliphatic heterocycles. The molecular formula is C22H22N4O4. The van der Waals surface area contributed by atoms with Crippen LogP contribution in [0.5, 0.6) is 5.75 Å². The summed E-state index contributed by atoms with van der Waals surface area (Å²) >= 11 is 0. The Balaban J connectivity index is 1.27. The molecule has 30 heavy (non-hydrogen) atoms. The number of carbonyl (C=O) groups is 2. The number of hydrazine groups is 1. The number of nitrogens with zero attached hydrogens (tertiary/aromatic N) is 1. The number of rotatable bonds is 6. The van der Waals surface area contributed by atoms with Crippen LogP contribution in [-0.2, 0) is 4.74 Å². The van der Waals surface area contributed by atoms with Crippen molar-refractivity contribution >= 4 is 11.8 Å². The maximum atomic E-state index is 12.3. The first-order valence-corrected chi connectivity index (χ1v) is 9.75. The minimum Gasteiger partial charge on any atom is -0.491 e. The van der Waals surface area contributed by atoms with E-state index in [1.807, 2.05) is 30.3 Å². The molecule has 0 aliphatic carbocycles. The molecule has 8 nitrogen and oxygen atoms in total. The zero-order valence-corrected chi connectivity index (χ0v) is 16.3. The molecule has 2 aromatic carbocycles. The van der Waals surface area contributed by atoms with Crippen molar-refractivity contribution in [3.05, 3.63) is 71.9 Å². The number of H-pyrrole nitrogens is 1. The summed E-state index contributed by atoms with van der Waals surface area (Å²) in [5.41, 5.74) is 6.95. The van der Waals surface area contributed by atoms with Gasteiger partial charge in [-0.3, -0.25) is 25.5 Å². The first-order chi connectivity index (χ1) is 14.7. The number of ether oxygens (including phenoxy) is 2. The third-order valence-electron chi connectivity index (χ3n) is 4.76. The van der Waals surface area contributed by atoms with E-state index in [9.17, 15) is 9.59 Å². The van der Waals surface area contributed by atoms with Gasteiger partial charge >= 0.3 is 0 Å². The summed E-state index contributed by atoms with van der Waals surface area (Å²) in [4.78, 5) is 24.5. The van der Waals surface area contributed by atoms with E-state index in [1.165, 1.54) is 0 Å². The van der Waals surface area contributed by atoms with Gasteiger partial charge in [0.2, 0.25) is 0 Å². The smallest absolute Gasteiger partial charge is 0.287 e. The van der Waals surface area contributed by atoms with Crippen molar-refractivity contribution in [2.45, 2.75) is 18.9 Å². The van der Waals surface area contributed by atoms with Crippen molar-refractivity contribution < 1.29 is 19.1 Å². The fourth-order valence-electron chi connectivity index (χ4n) is 3.12. The molecule has 0 bridgehead atoms. The lowest BCUT2D eigenvalue weighted by Gasteiger charge is -2.12. The summed E-state index contributed by atoms with van der Waals surface area (Å²) < 4.78 is 11.2. The molecule has 2 heterocycles. The van der Waals surface area contributed by atoms with Crippen LogP contribution < -0.4 is 15.6 Å². The Hall–Kier alpha value is -3.65. The van der Waals surface area contributed by atoms with Gasteiger partial charge in [0.1, 0.15) is 18.1 Å². The lowest BCUT2D eigenvalue weighted by molar-refractivity contribution is 0.0679. The van der Waals surface area contributed by atoms with Gasteiger partial charge in [0, 0.05) is 17.7 Å². The van der Waals surface area contributed by atoms with Gasteiger partial charge in [0.05, 0.1) is 11.8 Å². The Kier molecular flexibility index (Phi) is 6.05. The van der Waals surface area contributed by atoms with E-state index in [0.717, 1.165) is 25.0 Å². The fourth-order valence-corrected chi connectivity index (χ4v) is 3.12. The minimum atomic E-state index is -0.491. The summed E-state index contributed by atoms with van der Waals surface area (Å²) in [5.74, 6) is -0.261. The van der Waals surface area contributed by atoms with Crippen LogP contribution in [0.15, 0.2) is 60.7 Å². The Morgan fingerprint density at radius 3 is 2.57 bits per heavy atom. The van der Waals surface area contributed by atoms with Crippen LogP contribution in [0.4, 0.5) is 0 Å². The standard InChI is InChI=1S/C22H22N4O4/c27-21(16-8-10-17(11-9-16)30-14-18-7-4-12-29-18)25-26-22(28)20-13-19(23-24-20)15-5-2-1-3-6-15/h1-3,5-6,8-11,13,18H,4,7,12,14H2,(H,23,24)(H,25,27)(H,26,28)/t18-/m0/s1. The van der Waals surface area contributed by atoms with Gasteiger partial charge in [0.25, 0.3) is 11.8 Å². The maximum absolute atomic E-state index is 12.3. The zero-order valence-electron chi connectivity index (χ0n) is 16.3. The van der Waals surface area contributed by atoms with E-state index in [4.69, 9.17) is 9.47 Å². The first kappa shape index (κ1) is 19.7. The van der Waals surface area contributed by atoms with Crippen LogP contribution in [0.3, 0.4) is 0 Å². The molecule has 1 saturated heterocycles. The van der Waals surface area contributed by atoms with Crippen molar-refractivity contribution in [3.63, 3.8) is 0 Å². The second kappa shape index (κ2) is 9.23. The van der Waals surface area contributed by atoms with E-state index >= 15 is 0 Å². The molecule has 2 amide bonds. The van der Waals surface area contributed by atoms with Crippen LogP contribution in [0.1, 0.15) is 33.7 Å². The lowest BCUT2D eigenvalue weighted by Crippen LogP contribution is -2.41. The van der Waals surface area contributed by atoms with E-state index < -0.39 is 11.8 Å². The summed E-state index contributed by atoms with van der Waals surface area (Å²) in [5, 5.41) is 6.80. The van der Waals surface area contributed by atoms with Crippen molar-refractivity contribution in [2.24, 2.45) is 0 Å². The van der Waals surface area contributed by atoms with Crippen molar-refractivity contribution in [2.75, 3.05) is 13.2 Å². The van der Waals surface area contributed by atoms with Gasteiger partial charge in [-0.05, 0) is 43.2 Å². The molecule has 1 atom stereocenters. The number of nitrogens with one attached hydrogen (secondary N) is 3. The molecule has 0 saturated carbocycles. The van der Waals surface area contributed by atoms with E-state index in [1.54, 1.807) is 30.3 Å². The Labute approximate surface area is 173 Å². The third kappa shape index (κ3) is 4.84. The molecule has 4 rings (SSSR count). The SMILES string of the molecule is O=C(NNC(=O)c1cc(-c2ccccc2)n[nH]1)c1ccc(OC[C@@H]2CCCO2)cc1. The van der Waals surface area contributed by atoms with Crippen LogP contribution >= 0.6 is 0 Å². The normalized spacial score (nSPS) is 15.5. The number of carbonyl (C=O) groups excluding carboxylic acids is 2. The Bertz CT molecular complexity index is 995. The molecular weight excluding hydrogens is 384 g/mol. The number of aromatic amines is 1. The molecule has 0 unspecified atom stereocenters. The minimum absolute atomic E-state index is 0.132. The molecule has 154 valence electrons. The quantitative estimate of drug-likeness (QED) is 0.546. The summed E-state index contributed by atoms with van der Waals surface area (Å²) in [6, 6.07) is 17.8. The number of aromatic nitrogens is 2. The van der Waals surface area contributed by atoms with Gasteiger partial charge in [-0.2, -0.15) is 5.10 Å². The predicted octanol–water partition coefficient (Wildman–Crippen LogP) is 2.71. The fraction of sp³-hybridized carbons (Fsp3) is 0.227. The Morgan fingerprint density at radius 1 is 1.07 bits per heavy atom. The van der Waals surface area contributed by atoms with E-state index in [-0.39, 0.29) is 11.8 Å². The summed E-state index contributed by atoms with van der Waals surface area (Å²) in [6.07, 6.45) is 2.20.